The minimum Gasteiger partial charge on any atom is -0.457 e. The molecule has 0 bridgehead atoms. The molecular weight excluding hydrogens is 508 g/mol. The predicted octanol–water partition coefficient (Wildman–Crippen LogP) is 9.09. The largest absolute Gasteiger partial charge is 0.457 e. The Morgan fingerprint density at radius 1 is 0.625 bits per heavy atom. The monoisotopic (exact) mass is 534 g/mol. The zero-order chi connectivity index (χ0) is 26.9. The number of hydrogen-bond donors (Lipinski definition) is 0. The van der Waals surface area contributed by atoms with Gasteiger partial charge in [-0.25, -0.2) is 0 Å². The van der Waals surface area contributed by atoms with E-state index in [4.69, 9.17) is 9.72 Å². The van der Waals surface area contributed by atoms with Crippen LogP contribution < -0.4 is 4.74 Å². The Bertz CT molecular complexity index is 1790. The molecule has 4 heteroatoms. The van der Waals surface area contributed by atoms with Crippen molar-refractivity contribution < 1.29 is 4.74 Å². The number of aromatic nitrogens is 2. The smallest absolute Gasteiger partial charge is 0.128 e. The standard InChI is InChI=1S/C36H26N2OS/c1-25-11-8-18-32(38-25)26-12-9-14-28(23-26)39-29-15-10-13-27(24-29)36(35-21-6-7-22-37-35)30-16-2-4-19-33(30)40-34-20-5-3-17-31(34)36/h2-24H,1H3. The molecule has 0 radical (unpaired) electrons. The number of hydrogen-bond acceptors (Lipinski definition) is 4. The van der Waals surface area contributed by atoms with Gasteiger partial charge >= 0.3 is 0 Å². The summed E-state index contributed by atoms with van der Waals surface area (Å²) in [7, 11) is 0. The quantitative estimate of drug-likeness (QED) is 0.221. The van der Waals surface area contributed by atoms with Gasteiger partial charge in [0.25, 0.3) is 0 Å². The van der Waals surface area contributed by atoms with Crippen molar-refractivity contribution >= 4 is 11.8 Å². The number of aryl methyl sites for hydroxylation is 1. The summed E-state index contributed by atoms with van der Waals surface area (Å²) >= 11 is 1.82. The second-order valence-corrected chi connectivity index (χ2v) is 11.0. The van der Waals surface area contributed by atoms with Gasteiger partial charge in [-0.3, -0.25) is 9.97 Å². The molecule has 0 saturated carbocycles. The molecule has 40 heavy (non-hydrogen) atoms. The minimum atomic E-state index is -0.591. The van der Waals surface area contributed by atoms with Gasteiger partial charge in [-0.2, -0.15) is 0 Å². The molecule has 1 aliphatic heterocycles. The average molecular weight is 535 g/mol. The summed E-state index contributed by atoms with van der Waals surface area (Å²) in [5, 5.41) is 0. The normalized spacial score (nSPS) is 13.2. The maximum atomic E-state index is 6.51. The number of pyridine rings is 2. The van der Waals surface area contributed by atoms with E-state index in [0.29, 0.717) is 0 Å². The minimum absolute atomic E-state index is 0.591. The Kier molecular flexibility index (Phi) is 6.18. The molecule has 0 fully saturated rings. The first-order chi connectivity index (χ1) is 19.7. The van der Waals surface area contributed by atoms with E-state index in [1.165, 1.54) is 20.9 Å². The lowest BCUT2D eigenvalue weighted by atomic mass is 9.66. The average Bonchev–Trinajstić information content (AvgIpc) is 3.00. The van der Waals surface area contributed by atoms with Gasteiger partial charge in [0.05, 0.1) is 16.8 Å². The fourth-order valence-corrected chi connectivity index (χ4v) is 6.86. The fraction of sp³-hybridized carbons (Fsp3) is 0.0556. The van der Waals surface area contributed by atoms with Crippen LogP contribution in [-0.2, 0) is 5.41 Å². The first kappa shape index (κ1) is 24.4. The van der Waals surface area contributed by atoms with Gasteiger partial charge in [-0.15, -0.1) is 0 Å². The van der Waals surface area contributed by atoms with Crippen LogP contribution in [0, 0.1) is 6.92 Å². The highest BCUT2D eigenvalue weighted by molar-refractivity contribution is 7.99. The van der Waals surface area contributed by atoms with Crippen LogP contribution >= 0.6 is 11.8 Å². The number of nitrogens with zero attached hydrogens (tertiary/aromatic N) is 2. The van der Waals surface area contributed by atoms with Gasteiger partial charge in [0.2, 0.25) is 0 Å². The maximum absolute atomic E-state index is 6.51. The number of benzene rings is 4. The summed E-state index contributed by atoms with van der Waals surface area (Å²) in [6, 6.07) is 46.2. The van der Waals surface area contributed by atoms with Crippen LogP contribution in [0.2, 0.25) is 0 Å². The van der Waals surface area contributed by atoms with Crippen molar-refractivity contribution in [1.29, 1.82) is 0 Å². The Labute approximate surface area is 238 Å². The molecule has 0 atom stereocenters. The zero-order valence-corrected chi connectivity index (χ0v) is 22.8. The Morgan fingerprint density at radius 3 is 2.02 bits per heavy atom. The number of ether oxygens (including phenoxy) is 1. The van der Waals surface area contributed by atoms with Crippen LogP contribution in [0.3, 0.4) is 0 Å². The molecule has 0 spiro atoms. The highest BCUT2D eigenvalue weighted by Gasteiger charge is 2.45. The van der Waals surface area contributed by atoms with Crippen molar-refractivity contribution in [1.82, 2.24) is 9.97 Å². The van der Waals surface area contributed by atoms with Crippen molar-refractivity contribution in [3.63, 3.8) is 0 Å². The SMILES string of the molecule is Cc1cccc(-c2cccc(Oc3cccc(C4(c5ccccn5)c5ccccc5Sc5ccccc54)c3)c2)n1. The second-order valence-electron chi connectivity index (χ2n) is 9.88. The fourth-order valence-electron chi connectivity index (χ4n) is 5.67. The summed E-state index contributed by atoms with van der Waals surface area (Å²) in [5.41, 5.74) is 6.90. The van der Waals surface area contributed by atoms with E-state index < -0.39 is 5.41 Å². The van der Waals surface area contributed by atoms with Gasteiger partial charge in [-0.1, -0.05) is 84.6 Å². The number of rotatable bonds is 5. The second kappa shape index (κ2) is 10.1. The van der Waals surface area contributed by atoms with E-state index >= 15 is 0 Å². The molecule has 1 aliphatic rings. The number of fused-ring (bicyclic) bond motifs is 2. The lowest BCUT2D eigenvalue weighted by molar-refractivity contribution is 0.481. The van der Waals surface area contributed by atoms with Gasteiger partial charge in [0.15, 0.2) is 0 Å². The lowest BCUT2D eigenvalue weighted by Gasteiger charge is -2.40. The molecule has 192 valence electrons. The first-order valence-corrected chi connectivity index (χ1v) is 14.1. The van der Waals surface area contributed by atoms with Crippen molar-refractivity contribution in [2.75, 3.05) is 0 Å². The third-order valence-corrected chi connectivity index (χ3v) is 8.52. The van der Waals surface area contributed by atoms with Crippen LogP contribution in [0.15, 0.2) is 149 Å². The lowest BCUT2D eigenvalue weighted by Crippen LogP contribution is -2.34. The van der Waals surface area contributed by atoms with E-state index in [1.54, 1.807) is 0 Å². The zero-order valence-electron chi connectivity index (χ0n) is 22.0. The van der Waals surface area contributed by atoms with E-state index in [1.807, 2.05) is 73.4 Å². The van der Waals surface area contributed by atoms with Gasteiger partial charge in [-0.05, 0) is 84.3 Å². The summed E-state index contributed by atoms with van der Waals surface area (Å²) in [6.07, 6.45) is 1.88. The molecule has 0 N–H and O–H groups in total. The van der Waals surface area contributed by atoms with Crippen LogP contribution in [0.4, 0.5) is 0 Å². The Balaban J connectivity index is 1.38. The molecule has 3 nitrogen and oxygen atoms in total. The van der Waals surface area contributed by atoms with Crippen LogP contribution in [0.1, 0.15) is 28.1 Å². The first-order valence-electron chi connectivity index (χ1n) is 13.3. The van der Waals surface area contributed by atoms with E-state index in [2.05, 4.69) is 89.9 Å². The molecule has 4 aromatic carbocycles. The molecular formula is C36H26N2OS. The molecule has 3 heterocycles. The Morgan fingerprint density at radius 2 is 1.30 bits per heavy atom. The summed E-state index contributed by atoms with van der Waals surface area (Å²) in [5.74, 6) is 1.54. The van der Waals surface area contributed by atoms with Crippen molar-refractivity contribution in [3.05, 3.63) is 168 Å². The summed E-state index contributed by atoms with van der Waals surface area (Å²) in [4.78, 5) is 12.1. The van der Waals surface area contributed by atoms with E-state index in [-0.39, 0.29) is 0 Å². The Hall–Kier alpha value is -4.67. The van der Waals surface area contributed by atoms with Gasteiger partial charge in [0.1, 0.15) is 11.5 Å². The van der Waals surface area contributed by atoms with Crippen LogP contribution in [-0.4, -0.2) is 9.97 Å². The van der Waals surface area contributed by atoms with E-state index in [0.717, 1.165) is 39.7 Å². The van der Waals surface area contributed by atoms with Crippen molar-refractivity contribution in [3.8, 4) is 22.8 Å². The summed E-state index contributed by atoms with van der Waals surface area (Å²) in [6.45, 7) is 2.01. The maximum Gasteiger partial charge on any atom is 0.128 e. The molecule has 7 rings (SSSR count). The molecule has 0 aliphatic carbocycles. The molecule has 0 amide bonds. The molecule has 0 saturated heterocycles. The van der Waals surface area contributed by atoms with Gasteiger partial charge in [0, 0.05) is 27.2 Å². The molecule has 6 aromatic rings. The van der Waals surface area contributed by atoms with Crippen molar-refractivity contribution in [2.24, 2.45) is 0 Å². The predicted molar refractivity (Wildman–Crippen MR) is 161 cm³/mol. The molecule has 0 unspecified atom stereocenters. The topological polar surface area (TPSA) is 35.0 Å². The third-order valence-electron chi connectivity index (χ3n) is 7.37. The van der Waals surface area contributed by atoms with E-state index in [9.17, 15) is 0 Å². The third kappa shape index (κ3) is 4.18. The molecule has 2 aromatic heterocycles. The van der Waals surface area contributed by atoms with Gasteiger partial charge < -0.3 is 4.74 Å². The van der Waals surface area contributed by atoms with Crippen LogP contribution in [0.25, 0.3) is 11.3 Å². The highest BCUT2D eigenvalue weighted by Crippen LogP contribution is 2.55. The summed E-state index contributed by atoms with van der Waals surface area (Å²) < 4.78 is 6.51. The van der Waals surface area contributed by atoms with Crippen LogP contribution in [0.5, 0.6) is 11.5 Å². The highest BCUT2D eigenvalue weighted by atomic mass is 32.2. The van der Waals surface area contributed by atoms with Crippen molar-refractivity contribution in [2.45, 2.75) is 22.1 Å².